The van der Waals surface area contributed by atoms with E-state index in [9.17, 15) is 4.79 Å². The number of amides is 1. The molecule has 26 heavy (non-hydrogen) atoms. The van der Waals surface area contributed by atoms with Crippen LogP contribution >= 0.6 is 0 Å². The highest BCUT2D eigenvalue weighted by Crippen LogP contribution is 2.20. The van der Waals surface area contributed by atoms with E-state index in [0.29, 0.717) is 13.1 Å². The monoisotopic (exact) mass is 353 g/mol. The number of hydrogen-bond acceptors (Lipinski definition) is 6. The molecule has 2 rings (SSSR count). The maximum Gasteiger partial charge on any atom is 0.410 e. The fraction of sp³-hybridized carbons (Fsp3) is 0.421. The Balaban J connectivity index is 1.90. The molecule has 1 saturated heterocycles. The van der Waals surface area contributed by atoms with Crippen molar-refractivity contribution in [2.24, 2.45) is 0 Å². The number of nitriles is 2. The van der Waals surface area contributed by atoms with E-state index in [-0.39, 0.29) is 11.7 Å². The summed E-state index contributed by atoms with van der Waals surface area (Å²) in [6.07, 6.45) is 1.11. The van der Waals surface area contributed by atoms with Crippen molar-refractivity contribution in [3.8, 4) is 12.1 Å². The number of piperazine rings is 1. The summed E-state index contributed by atoms with van der Waals surface area (Å²) in [4.78, 5) is 16.0. The van der Waals surface area contributed by atoms with Crippen LogP contribution in [0.15, 0.2) is 36.0 Å². The van der Waals surface area contributed by atoms with Crippen LogP contribution < -0.4 is 10.2 Å². The third-order valence-electron chi connectivity index (χ3n) is 3.79. The molecule has 0 saturated carbocycles. The lowest BCUT2D eigenvalue weighted by Gasteiger charge is -2.36. The number of rotatable bonds is 3. The summed E-state index contributed by atoms with van der Waals surface area (Å²) >= 11 is 0. The molecule has 1 amide bonds. The third kappa shape index (κ3) is 5.42. The molecule has 136 valence electrons. The van der Waals surface area contributed by atoms with Crippen molar-refractivity contribution in [2.45, 2.75) is 26.4 Å². The van der Waals surface area contributed by atoms with E-state index in [1.807, 2.05) is 45.0 Å². The van der Waals surface area contributed by atoms with Crippen LogP contribution in [0.25, 0.3) is 0 Å². The second-order valence-electron chi connectivity index (χ2n) is 6.93. The Hall–Kier alpha value is -3.19. The highest BCUT2D eigenvalue weighted by molar-refractivity contribution is 5.68. The Morgan fingerprint density at radius 2 is 1.69 bits per heavy atom. The van der Waals surface area contributed by atoms with Crippen molar-refractivity contribution >= 4 is 17.5 Å². The van der Waals surface area contributed by atoms with Crippen molar-refractivity contribution in [2.75, 3.05) is 36.4 Å². The fourth-order valence-corrected chi connectivity index (χ4v) is 2.49. The minimum absolute atomic E-state index is 0.0207. The SMILES string of the molecule is CC(C)(C)OC(=O)N1CCN(c2ccc(NC=C(C#N)C#N)cc2)CC1. The summed E-state index contributed by atoms with van der Waals surface area (Å²) in [5.74, 6) is 0. The Morgan fingerprint density at radius 3 is 2.19 bits per heavy atom. The molecule has 1 fully saturated rings. The van der Waals surface area contributed by atoms with Gasteiger partial charge in [0.2, 0.25) is 0 Å². The van der Waals surface area contributed by atoms with Crippen LogP contribution in [0.2, 0.25) is 0 Å². The molecule has 0 aromatic heterocycles. The maximum absolute atomic E-state index is 12.1. The van der Waals surface area contributed by atoms with E-state index in [1.165, 1.54) is 6.20 Å². The minimum Gasteiger partial charge on any atom is -0.444 e. The van der Waals surface area contributed by atoms with E-state index in [1.54, 1.807) is 17.0 Å². The molecule has 1 heterocycles. The fourth-order valence-electron chi connectivity index (χ4n) is 2.49. The van der Waals surface area contributed by atoms with Crippen LogP contribution in [0, 0.1) is 22.7 Å². The van der Waals surface area contributed by atoms with E-state index in [0.717, 1.165) is 24.5 Å². The zero-order valence-corrected chi connectivity index (χ0v) is 15.3. The van der Waals surface area contributed by atoms with Gasteiger partial charge in [-0.25, -0.2) is 4.79 Å². The van der Waals surface area contributed by atoms with Gasteiger partial charge in [-0.05, 0) is 45.0 Å². The summed E-state index contributed by atoms with van der Waals surface area (Å²) in [5, 5.41) is 20.4. The number of nitrogens with one attached hydrogen (secondary N) is 1. The topological polar surface area (TPSA) is 92.4 Å². The summed E-state index contributed by atoms with van der Waals surface area (Å²) in [6.45, 7) is 8.29. The van der Waals surface area contributed by atoms with Gasteiger partial charge in [0.25, 0.3) is 0 Å². The van der Waals surface area contributed by atoms with Gasteiger partial charge in [-0.15, -0.1) is 0 Å². The van der Waals surface area contributed by atoms with E-state index < -0.39 is 5.60 Å². The average molecular weight is 353 g/mol. The number of carbonyl (C=O) groups excluding carboxylic acids is 1. The lowest BCUT2D eigenvalue weighted by Crippen LogP contribution is -2.50. The Morgan fingerprint density at radius 1 is 1.12 bits per heavy atom. The van der Waals surface area contributed by atoms with Gasteiger partial charge in [-0.2, -0.15) is 10.5 Å². The Bertz CT molecular complexity index is 726. The van der Waals surface area contributed by atoms with Crippen molar-refractivity contribution in [1.82, 2.24) is 4.90 Å². The van der Waals surface area contributed by atoms with Crippen LogP contribution in [0.3, 0.4) is 0 Å². The van der Waals surface area contributed by atoms with Crippen LogP contribution in [-0.2, 0) is 4.74 Å². The number of carbonyl (C=O) groups is 1. The van der Waals surface area contributed by atoms with Crippen molar-refractivity contribution in [3.63, 3.8) is 0 Å². The molecule has 0 unspecified atom stereocenters. The normalized spacial score (nSPS) is 14.0. The zero-order valence-electron chi connectivity index (χ0n) is 15.3. The molecule has 1 aliphatic heterocycles. The molecule has 7 nitrogen and oxygen atoms in total. The van der Waals surface area contributed by atoms with E-state index in [4.69, 9.17) is 15.3 Å². The molecule has 1 aliphatic rings. The molecular weight excluding hydrogens is 330 g/mol. The molecule has 0 radical (unpaired) electrons. The first kappa shape index (κ1) is 19.1. The molecule has 7 heteroatoms. The summed E-state index contributed by atoms with van der Waals surface area (Å²) in [5.41, 5.74) is 1.39. The van der Waals surface area contributed by atoms with Crippen LogP contribution in [0.1, 0.15) is 20.8 Å². The second-order valence-corrected chi connectivity index (χ2v) is 6.93. The zero-order chi connectivity index (χ0) is 19.2. The van der Waals surface area contributed by atoms with E-state index >= 15 is 0 Å². The molecule has 0 atom stereocenters. The predicted molar refractivity (Wildman–Crippen MR) is 99.4 cm³/mol. The highest BCUT2D eigenvalue weighted by atomic mass is 16.6. The minimum atomic E-state index is -0.484. The number of benzene rings is 1. The number of ether oxygens (including phenoxy) is 1. The van der Waals surface area contributed by atoms with E-state index in [2.05, 4.69) is 10.2 Å². The van der Waals surface area contributed by atoms with Gasteiger partial charge in [0.1, 0.15) is 23.3 Å². The quantitative estimate of drug-likeness (QED) is 0.840. The molecule has 0 bridgehead atoms. The lowest BCUT2D eigenvalue weighted by molar-refractivity contribution is 0.0240. The molecule has 0 aliphatic carbocycles. The van der Waals surface area contributed by atoms with Gasteiger partial charge < -0.3 is 19.9 Å². The predicted octanol–water partition coefficient (Wildman–Crippen LogP) is 3.09. The summed E-state index contributed by atoms with van der Waals surface area (Å²) in [6, 6.07) is 11.3. The Kier molecular flexibility index (Phi) is 6.08. The number of hydrogen-bond donors (Lipinski definition) is 1. The van der Waals surface area contributed by atoms with Crippen LogP contribution in [0.4, 0.5) is 16.2 Å². The highest BCUT2D eigenvalue weighted by Gasteiger charge is 2.25. The van der Waals surface area contributed by atoms with Crippen molar-refractivity contribution in [1.29, 1.82) is 10.5 Å². The lowest BCUT2D eigenvalue weighted by atomic mass is 10.2. The average Bonchev–Trinajstić information content (AvgIpc) is 2.62. The molecule has 1 aromatic carbocycles. The smallest absolute Gasteiger partial charge is 0.410 e. The van der Waals surface area contributed by atoms with Crippen molar-refractivity contribution < 1.29 is 9.53 Å². The van der Waals surface area contributed by atoms with Gasteiger partial charge in [0.15, 0.2) is 0 Å². The number of anilines is 2. The molecule has 0 spiro atoms. The van der Waals surface area contributed by atoms with Gasteiger partial charge in [0.05, 0.1) is 0 Å². The van der Waals surface area contributed by atoms with Crippen LogP contribution in [-0.4, -0.2) is 42.8 Å². The first-order valence-electron chi connectivity index (χ1n) is 8.42. The molecule has 1 aromatic rings. The van der Waals surface area contributed by atoms with Gasteiger partial charge in [0, 0.05) is 43.8 Å². The summed E-state index contributed by atoms with van der Waals surface area (Å²) in [7, 11) is 0. The first-order chi connectivity index (χ1) is 12.3. The van der Waals surface area contributed by atoms with Gasteiger partial charge >= 0.3 is 6.09 Å². The second kappa shape index (κ2) is 8.26. The number of allylic oxidation sites excluding steroid dienone is 1. The van der Waals surface area contributed by atoms with Gasteiger partial charge in [-0.1, -0.05) is 0 Å². The molecule has 1 N–H and O–H groups in total. The number of nitrogens with zero attached hydrogens (tertiary/aromatic N) is 4. The third-order valence-corrected chi connectivity index (χ3v) is 3.79. The van der Waals surface area contributed by atoms with Gasteiger partial charge in [-0.3, -0.25) is 0 Å². The maximum atomic E-state index is 12.1. The Labute approximate surface area is 154 Å². The first-order valence-corrected chi connectivity index (χ1v) is 8.42. The van der Waals surface area contributed by atoms with Crippen molar-refractivity contribution in [3.05, 3.63) is 36.0 Å². The summed E-state index contributed by atoms with van der Waals surface area (Å²) < 4.78 is 5.41. The largest absolute Gasteiger partial charge is 0.444 e. The molecular formula is C19H23N5O2. The van der Waals surface area contributed by atoms with Crippen LogP contribution in [0.5, 0.6) is 0 Å². The standard InChI is InChI=1S/C19H23N5O2/c1-19(2,3)26-18(25)24-10-8-23(9-11-24)17-6-4-16(5-7-17)22-14-15(12-20)13-21/h4-7,14,22H,8-11H2,1-3H3.